The highest BCUT2D eigenvalue weighted by Crippen LogP contribution is 2.06. The molecule has 0 saturated heterocycles. The summed E-state index contributed by atoms with van der Waals surface area (Å²) in [5.41, 5.74) is 0. The molecule has 0 aliphatic rings. The second-order valence-electron chi connectivity index (χ2n) is 7.39. The van der Waals surface area contributed by atoms with Crippen molar-refractivity contribution in [2.24, 2.45) is 11.8 Å². The number of carbonyl (C=O) groups excluding carboxylic acids is 2. The third-order valence-electron chi connectivity index (χ3n) is 4.18. The van der Waals surface area contributed by atoms with Gasteiger partial charge >= 0.3 is 11.9 Å². The van der Waals surface area contributed by atoms with E-state index < -0.39 is 0 Å². The molecule has 0 amide bonds. The van der Waals surface area contributed by atoms with E-state index in [0.717, 1.165) is 25.7 Å². The van der Waals surface area contributed by atoms with Crippen molar-refractivity contribution in [1.29, 1.82) is 0 Å². The lowest BCUT2D eigenvalue weighted by Crippen LogP contribution is -2.48. The monoisotopic (exact) mass is 372 g/mol. The zero-order chi connectivity index (χ0) is 19.9. The molecule has 6 nitrogen and oxygen atoms in total. The Hall–Kier alpha value is -1.14. The van der Waals surface area contributed by atoms with Crippen molar-refractivity contribution in [3.63, 3.8) is 0 Å². The van der Waals surface area contributed by atoms with E-state index in [-0.39, 0.29) is 35.9 Å². The zero-order valence-electron chi connectivity index (χ0n) is 17.6. The summed E-state index contributed by atoms with van der Waals surface area (Å²) in [6.45, 7) is 14.2. The molecule has 0 bridgehead atoms. The molecular formula is C20H40N2O4. The van der Waals surface area contributed by atoms with Crippen LogP contribution in [-0.2, 0) is 19.1 Å². The van der Waals surface area contributed by atoms with E-state index in [9.17, 15) is 9.59 Å². The molecule has 0 heterocycles. The van der Waals surface area contributed by atoms with Gasteiger partial charge in [0.1, 0.15) is 12.1 Å². The van der Waals surface area contributed by atoms with Crippen LogP contribution in [0.2, 0.25) is 0 Å². The lowest BCUT2D eigenvalue weighted by Gasteiger charge is -2.23. The number of hydrogen-bond acceptors (Lipinski definition) is 6. The summed E-state index contributed by atoms with van der Waals surface area (Å²) < 4.78 is 10.6. The van der Waals surface area contributed by atoms with Gasteiger partial charge in [-0.2, -0.15) is 0 Å². The summed E-state index contributed by atoms with van der Waals surface area (Å²) in [4.78, 5) is 24.3. The van der Waals surface area contributed by atoms with Gasteiger partial charge in [-0.05, 0) is 24.7 Å². The minimum atomic E-state index is -0.331. The van der Waals surface area contributed by atoms with Crippen molar-refractivity contribution in [3.05, 3.63) is 0 Å². The van der Waals surface area contributed by atoms with Crippen LogP contribution in [0.15, 0.2) is 0 Å². The molecule has 2 atom stereocenters. The number of esters is 2. The first-order chi connectivity index (χ1) is 12.3. The maximum Gasteiger partial charge on any atom is 0.323 e. The molecule has 0 aliphatic carbocycles. The van der Waals surface area contributed by atoms with E-state index in [1.54, 1.807) is 0 Å². The quantitative estimate of drug-likeness (QED) is 0.340. The molecule has 0 rings (SSSR count). The van der Waals surface area contributed by atoms with Crippen LogP contribution in [0.3, 0.4) is 0 Å². The minimum Gasteiger partial charge on any atom is -0.465 e. The second-order valence-corrected chi connectivity index (χ2v) is 7.39. The molecule has 0 aromatic rings. The third-order valence-corrected chi connectivity index (χ3v) is 4.18. The first-order valence-corrected chi connectivity index (χ1v) is 10.1. The van der Waals surface area contributed by atoms with Gasteiger partial charge in [-0.1, -0.05) is 54.4 Å². The van der Waals surface area contributed by atoms with Crippen LogP contribution < -0.4 is 10.6 Å². The normalized spacial score (nSPS) is 13.7. The fraction of sp³-hybridized carbons (Fsp3) is 0.900. The highest BCUT2D eigenvalue weighted by Gasteiger charge is 2.25. The largest absolute Gasteiger partial charge is 0.465 e. The van der Waals surface area contributed by atoms with Gasteiger partial charge in [0, 0.05) is 13.1 Å². The van der Waals surface area contributed by atoms with Gasteiger partial charge in [-0.25, -0.2) is 0 Å². The van der Waals surface area contributed by atoms with E-state index in [0.29, 0.717) is 26.3 Å². The summed E-state index contributed by atoms with van der Waals surface area (Å²) in [6, 6.07) is -0.662. The summed E-state index contributed by atoms with van der Waals surface area (Å²) in [6.07, 6.45) is 3.77. The first-order valence-electron chi connectivity index (χ1n) is 10.1. The molecular weight excluding hydrogens is 332 g/mol. The molecule has 6 heteroatoms. The molecule has 0 radical (unpaired) electrons. The van der Waals surface area contributed by atoms with Gasteiger partial charge < -0.3 is 20.1 Å². The highest BCUT2D eigenvalue weighted by molar-refractivity contribution is 5.76. The van der Waals surface area contributed by atoms with Crippen LogP contribution in [0.25, 0.3) is 0 Å². The number of carbonyl (C=O) groups is 2. The Kier molecular flexibility index (Phi) is 14.3. The minimum absolute atomic E-state index is 0.143. The Morgan fingerprint density at radius 3 is 1.35 bits per heavy atom. The average Bonchev–Trinajstić information content (AvgIpc) is 2.57. The molecule has 0 aromatic carbocycles. The van der Waals surface area contributed by atoms with Gasteiger partial charge in [-0.15, -0.1) is 0 Å². The van der Waals surface area contributed by atoms with Crippen LogP contribution in [0.5, 0.6) is 0 Å². The summed E-state index contributed by atoms with van der Waals surface area (Å²) in [7, 11) is 0. The predicted octanol–water partition coefficient (Wildman–Crippen LogP) is 2.90. The molecule has 0 aromatic heterocycles. The lowest BCUT2D eigenvalue weighted by atomic mass is 10.0. The fourth-order valence-corrected chi connectivity index (χ4v) is 2.45. The predicted molar refractivity (Wildman–Crippen MR) is 105 cm³/mol. The third kappa shape index (κ3) is 10.8. The maximum atomic E-state index is 12.2. The highest BCUT2D eigenvalue weighted by atomic mass is 16.5. The smallest absolute Gasteiger partial charge is 0.323 e. The second kappa shape index (κ2) is 15.0. The molecule has 0 unspecified atom stereocenters. The van der Waals surface area contributed by atoms with Gasteiger partial charge in [0.2, 0.25) is 0 Å². The standard InChI is InChI=1S/C20H40N2O4/c1-7-9-13-25-19(23)17(15(3)4)21-11-12-22-18(16(5)6)20(24)26-14-10-8-2/h15-18,21-22H,7-14H2,1-6H3/t17-,18-/m0/s1. The Labute approximate surface area is 159 Å². The van der Waals surface area contributed by atoms with Gasteiger partial charge in [0.25, 0.3) is 0 Å². The summed E-state index contributed by atoms with van der Waals surface area (Å²) >= 11 is 0. The lowest BCUT2D eigenvalue weighted by molar-refractivity contribution is -0.148. The molecule has 2 N–H and O–H groups in total. The van der Waals surface area contributed by atoms with Crippen LogP contribution in [0.4, 0.5) is 0 Å². The van der Waals surface area contributed by atoms with Crippen molar-refractivity contribution < 1.29 is 19.1 Å². The SMILES string of the molecule is CCCCOC(=O)[C@@H](NCCN[C@H](C(=O)OCCCC)C(C)C)C(C)C. The fourth-order valence-electron chi connectivity index (χ4n) is 2.45. The summed E-state index contributed by atoms with van der Waals surface area (Å²) in [5, 5.41) is 6.48. The average molecular weight is 373 g/mol. The molecule has 0 aliphatic heterocycles. The maximum absolute atomic E-state index is 12.2. The number of ether oxygens (including phenoxy) is 2. The van der Waals surface area contributed by atoms with Crippen LogP contribution in [0, 0.1) is 11.8 Å². The van der Waals surface area contributed by atoms with Crippen molar-refractivity contribution >= 4 is 11.9 Å². The topological polar surface area (TPSA) is 76.7 Å². The van der Waals surface area contributed by atoms with Crippen molar-refractivity contribution in [2.45, 2.75) is 79.3 Å². The molecule has 0 saturated carbocycles. The Morgan fingerprint density at radius 2 is 1.08 bits per heavy atom. The van der Waals surface area contributed by atoms with Gasteiger partial charge in [0.05, 0.1) is 13.2 Å². The molecule has 26 heavy (non-hydrogen) atoms. The molecule has 0 fully saturated rings. The molecule has 0 spiro atoms. The first kappa shape index (κ1) is 24.9. The Morgan fingerprint density at radius 1 is 0.731 bits per heavy atom. The van der Waals surface area contributed by atoms with E-state index in [1.165, 1.54) is 0 Å². The van der Waals surface area contributed by atoms with E-state index in [1.807, 2.05) is 27.7 Å². The van der Waals surface area contributed by atoms with E-state index in [2.05, 4.69) is 24.5 Å². The number of rotatable bonds is 15. The van der Waals surface area contributed by atoms with Gasteiger partial charge in [0.15, 0.2) is 0 Å². The van der Waals surface area contributed by atoms with E-state index >= 15 is 0 Å². The Bertz CT molecular complexity index is 350. The number of nitrogens with one attached hydrogen (secondary N) is 2. The zero-order valence-corrected chi connectivity index (χ0v) is 17.6. The van der Waals surface area contributed by atoms with Crippen molar-refractivity contribution in [1.82, 2.24) is 10.6 Å². The van der Waals surface area contributed by atoms with Crippen LogP contribution in [-0.4, -0.2) is 50.3 Å². The van der Waals surface area contributed by atoms with Gasteiger partial charge in [-0.3, -0.25) is 9.59 Å². The molecule has 154 valence electrons. The van der Waals surface area contributed by atoms with Crippen molar-refractivity contribution in [2.75, 3.05) is 26.3 Å². The Balaban J connectivity index is 4.33. The number of unbranched alkanes of at least 4 members (excludes halogenated alkanes) is 2. The number of hydrogen-bond donors (Lipinski definition) is 2. The van der Waals surface area contributed by atoms with E-state index in [4.69, 9.17) is 9.47 Å². The van der Waals surface area contributed by atoms with Crippen molar-refractivity contribution in [3.8, 4) is 0 Å². The van der Waals surface area contributed by atoms with Crippen LogP contribution in [0.1, 0.15) is 67.2 Å². The van der Waals surface area contributed by atoms with Crippen LogP contribution >= 0.6 is 0 Å². The summed E-state index contributed by atoms with van der Waals surface area (Å²) in [5.74, 6) is -0.117.